The van der Waals surface area contributed by atoms with Gasteiger partial charge in [-0.05, 0) is 163 Å². The summed E-state index contributed by atoms with van der Waals surface area (Å²) in [4.78, 5) is 0. The molecule has 0 aromatic heterocycles. The molecule has 0 heterocycles. The van der Waals surface area contributed by atoms with Gasteiger partial charge in [-0.1, -0.05) is 530 Å². The van der Waals surface area contributed by atoms with Gasteiger partial charge < -0.3 is 0 Å². The van der Waals surface area contributed by atoms with Crippen LogP contribution in [0.15, 0.2) is 510 Å². The Morgan fingerprint density at radius 2 is 0.489 bits per heavy atom. The van der Waals surface area contributed by atoms with Crippen molar-refractivity contribution in [2.45, 2.75) is 99.6 Å². The summed E-state index contributed by atoms with van der Waals surface area (Å²) in [5.74, 6) is 0.360. The van der Waals surface area contributed by atoms with Crippen LogP contribution in [0.5, 0.6) is 0 Å². The van der Waals surface area contributed by atoms with Crippen molar-refractivity contribution in [2.24, 2.45) is 0 Å². The van der Waals surface area contributed by atoms with Crippen molar-refractivity contribution >= 4 is 112 Å². The fraction of sp³-hybridized carbons (Fsp3) is 0.129. The molecule has 21 rings (SSSR count). The molecule has 0 amide bonds. The smallest absolute Gasteiger partial charge is 0.0376 e. The van der Waals surface area contributed by atoms with Gasteiger partial charge in [-0.2, -0.15) is 0 Å². The summed E-state index contributed by atoms with van der Waals surface area (Å²) >= 11 is 0. The number of hydrogen-bond donors (Lipinski definition) is 0. The van der Waals surface area contributed by atoms with Crippen molar-refractivity contribution in [1.29, 1.82) is 0 Å². The summed E-state index contributed by atoms with van der Waals surface area (Å²) in [6, 6.07) is 197. The molecule has 9 heteroatoms. The molecule has 0 radical (unpaired) electrons. The van der Waals surface area contributed by atoms with Crippen LogP contribution in [0.1, 0.15) is 94.2 Å². The maximum Gasteiger partial charge on any atom is 0.0376 e. The molecule has 650 valence electrons. The van der Waals surface area contributed by atoms with E-state index < -0.39 is 48.4 Å². The fourth-order valence-electron chi connectivity index (χ4n) is 22.1. The topological polar surface area (TPSA) is 9.72 Å². The summed E-state index contributed by atoms with van der Waals surface area (Å²) in [6.45, 7) is 7.77. The molecule has 0 bridgehead atoms. The molecule has 0 saturated carbocycles. The Balaban J connectivity index is 0.679. The van der Waals surface area contributed by atoms with E-state index in [-0.39, 0.29) is 46.7 Å². The Morgan fingerprint density at radius 3 is 0.827 bits per heavy atom. The van der Waals surface area contributed by atoms with Crippen molar-refractivity contribution in [2.75, 3.05) is 0 Å². The summed E-state index contributed by atoms with van der Waals surface area (Å²) < 4.78 is 9.32. The lowest BCUT2D eigenvalue weighted by molar-refractivity contribution is 0.232. The molecular formula is C124H109N3P6. The van der Waals surface area contributed by atoms with Gasteiger partial charge in [-0.15, -0.1) is 0 Å². The van der Waals surface area contributed by atoms with Gasteiger partial charge in [-0.25, -0.2) is 13.3 Å². The number of hydrogen-bond acceptors (Lipinski definition) is 3. The van der Waals surface area contributed by atoms with E-state index in [1.165, 1.54) is 130 Å². The number of nitrogens with zero attached hydrogens (tertiary/aromatic N) is 3. The highest BCUT2D eigenvalue weighted by atomic mass is 31.2. The van der Waals surface area contributed by atoms with Gasteiger partial charge in [0, 0.05) is 95.1 Å². The van der Waals surface area contributed by atoms with Crippen molar-refractivity contribution in [1.82, 2.24) is 13.3 Å². The zero-order valence-electron chi connectivity index (χ0n) is 75.5. The first-order chi connectivity index (χ1) is 65.7. The van der Waals surface area contributed by atoms with E-state index in [4.69, 9.17) is 0 Å². The van der Waals surface area contributed by atoms with Gasteiger partial charge in [0.15, 0.2) is 0 Å². The predicted octanol–water partition coefficient (Wildman–Crippen LogP) is 26.0. The lowest BCUT2D eigenvalue weighted by atomic mass is 9.71. The van der Waals surface area contributed by atoms with Crippen LogP contribution in [0.3, 0.4) is 0 Å². The molecule has 3 nitrogen and oxygen atoms in total. The molecular weight excluding hydrogens is 1720 g/mol. The number of benzene rings is 18. The van der Waals surface area contributed by atoms with Crippen LogP contribution in [0.25, 0.3) is 11.1 Å². The predicted molar refractivity (Wildman–Crippen MR) is 576 cm³/mol. The van der Waals surface area contributed by atoms with Crippen molar-refractivity contribution < 1.29 is 0 Å². The molecule has 18 aromatic carbocycles. The quantitative estimate of drug-likeness (QED) is 0.0416. The second-order valence-corrected chi connectivity index (χ2v) is 49.8. The van der Waals surface area contributed by atoms with Gasteiger partial charge in [0.25, 0.3) is 0 Å². The normalized spacial score (nSPS) is 17.8. The van der Waals surface area contributed by atoms with E-state index in [0.29, 0.717) is 0 Å². The van der Waals surface area contributed by atoms with Crippen molar-refractivity contribution in [3.05, 3.63) is 565 Å². The average Bonchev–Trinajstić information content (AvgIpc) is 1.54. The largest absolute Gasteiger partial charge is 0.241 e. The minimum absolute atomic E-state index is 0.00892. The molecule has 3 aliphatic carbocycles. The molecule has 133 heavy (non-hydrogen) atoms. The zero-order chi connectivity index (χ0) is 89.4. The van der Waals surface area contributed by atoms with Crippen molar-refractivity contribution in [3.63, 3.8) is 0 Å². The van der Waals surface area contributed by atoms with Gasteiger partial charge >= 0.3 is 0 Å². The molecule has 0 spiro atoms. The monoisotopic (exact) mass is 1830 g/mol. The second kappa shape index (κ2) is 40.3. The third-order valence-corrected chi connectivity index (χ3v) is 44.4. The maximum atomic E-state index is 3.16. The first-order valence-corrected chi connectivity index (χ1v) is 54.7. The molecule has 0 saturated heterocycles. The minimum atomic E-state index is -1.22. The molecule has 3 aliphatic rings. The highest BCUT2D eigenvalue weighted by molar-refractivity contribution is 7.86. The first kappa shape index (κ1) is 88.0. The minimum Gasteiger partial charge on any atom is -0.241 e. The lowest BCUT2D eigenvalue weighted by Crippen LogP contribution is -2.54. The molecule has 0 N–H and O–H groups in total. The molecule has 0 fully saturated rings. The third kappa shape index (κ3) is 18.2. The first-order valence-electron chi connectivity index (χ1n) is 47.0. The van der Waals surface area contributed by atoms with Gasteiger partial charge in [0.2, 0.25) is 0 Å². The number of fused-ring (bicyclic) bond motifs is 3. The molecule has 0 aliphatic heterocycles. The number of rotatable bonds is 30. The average molecular weight is 1830 g/mol. The zero-order valence-corrected chi connectivity index (χ0v) is 80.9. The summed E-state index contributed by atoms with van der Waals surface area (Å²) in [5.41, 5.74) is 16.0. The second-order valence-electron chi connectivity index (χ2n) is 36.4. The van der Waals surface area contributed by atoms with E-state index in [0.717, 1.165) is 32.1 Å². The van der Waals surface area contributed by atoms with E-state index in [1.807, 2.05) is 0 Å². The van der Waals surface area contributed by atoms with Crippen LogP contribution in [-0.2, 0) is 42.9 Å². The van der Waals surface area contributed by atoms with Crippen molar-refractivity contribution in [3.8, 4) is 11.1 Å². The SMILES string of the molecule is CC1(C)c2ccccc2C(C)(Cc2ccc(CC3c4ccccc4C(Cc4cccc(-c5cccc(CC6c7ccccc7CC6N(P(c6ccccc6)c6ccccc6)P(c6ccccc6)c6ccccc6)c5)c4)C3N(P(c3ccccc3)c3ccccc3)P(c3ccccc3)c3ccccc3)cc2)C1N(P(c1ccccc1)c1ccccc1)P(c1ccccc1)c1ccccc1. The van der Waals surface area contributed by atoms with E-state index in [1.54, 1.807) is 0 Å². The summed E-state index contributed by atoms with van der Waals surface area (Å²) in [6.07, 6.45) is 4.40. The van der Waals surface area contributed by atoms with Crippen LogP contribution in [0.4, 0.5) is 0 Å². The van der Waals surface area contributed by atoms with Crippen LogP contribution >= 0.6 is 48.4 Å². The van der Waals surface area contributed by atoms with E-state index in [2.05, 4.69) is 544 Å². The van der Waals surface area contributed by atoms with Crippen LogP contribution in [-0.4, -0.2) is 31.4 Å². The Bertz CT molecular complexity index is 6380. The molecule has 7 unspecified atom stereocenters. The summed E-state index contributed by atoms with van der Waals surface area (Å²) in [5, 5.41) is 16.3. The van der Waals surface area contributed by atoms with Crippen LogP contribution < -0.4 is 63.7 Å². The fourth-order valence-corrected chi connectivity index (χ4v) is 41.8. The Hall–Kier alpha value is -11.6. The van der Waals surface area contributed by atoms with Crippen LogP contribution in [0.2, 0.25) is 0 Å². The Morgan fingerprint density at radius 1 is 0.226 bits per heavy atom. The maximum absolute atomic E-state index is 3.16. The highest BCUT2D eigenvalue weighted by Gasteiger charge is 2.59. The van der Waals surface area contributed by atoms with E-state index >= 15 is 0 Å². The highest BCUT2D eigenvalue weighted by Crippen LogP contribution is 2.68. The standard InChI is InChI=1S/C124H109N3P6/c1-123(2)118-80-44-45-81-119(118)124(3,122(123)127(132(108-69-32-12-33-70-108)109-71-34-13-35-72-109)133(110-73-36-14-37-74-110)111-75-38-15-39-76-111)92-94-84-82-93(83-85-94)88-116-113-78-42-43-79-114(113)117(121(116)126(130(104-61-24-8-25-62-104)105-63-26-9-27-64-105)131(106-65-28-10-29-66-106)107-67-30-11-31-68-107)90-96-49-47-52-98(87-96)97-51-46-48-95(86-97)89-115-112-77-41-40-50-99(112)91-120(115)125(128(100-53-16-4-17-54-100)101-55-18-5-19-56-101)129(102-57-20-6-21-58-102)103-59-22-7-23-60-103/h4-87,115-117,120-122H,88-92H2,1-3H3. The molecule has 18 aromatic rings. The summed E-state index contributed by atoms with van der Waals surface area (Å²) in [7, 11) is -6.79. The Kier molecular flexibility index (Phi) is 26.7. The van der Waals surface area contributed by atoms with Gasteiger partial charge in [0.1, 0.15) is 0 Å². The van der Waals surface area contributed by atoms with Gasteiger partial charge in [-0.3, -0.25) is 0 Å². The van der Waals surface area contributed by atoms with Gasteiger partial charge in [0.05, 0.1) is 0 Å². The molecule has 7 atom stereocenters. The Labute approximate surface area is 795 Å². The lowest BCUT2D eigenvalue weighted by Gasteiger charge is -2.52. The third-order valence-electron chi connectivity index (χ3n) is 27.7. The van der Waals surface area contributed by atoms with Crippen LogP contribution in [0, 0.1) is 0 Å². The van der Waals surface area contributed by atoms with E-state index in [9.17, 15) is 0 Å².